The highest BCUT2D eigenvalue weighted by molar-refractivity contribution is 6.33. The predicted octanol–water partition coefficient (Wildman–Crippen LogP) is 8.14. The first-order chi connectivity index (χ1) is 15.2. The van der Waals surface area contributed by atoms with Crippen LogP contribution in [0.5, 0.6) is 0 Å². The normalized spacial score (nSPS) is 12.7. The molecule has 1 N–H and O–H groups in total. The molecule has 170 valence electrons. The van der Waals surface area contributed by atoms with Crippen LogP contribution in [0.15, 0.2) is 29.1 Å². The van der Waals surface area contributed by atoms with Crippen LogP contribution < -0.4 is 5.56 Å². The van der Waals surface area contributed by atoms with Crippen LogP contribution in [0.25, 0.3) is 22.6 Å². The number of hydrogen-bond donors (Lipinski definition) is 1. The van der Waals surface area contributed by atoms with Crippen LogP contribution in [0.1, 0.15) is 103 Å². The van der Waals surface area contributed by atoms with Crippen LogP contribution in [0.2, 0.25) is 5.02 Å². The topological polar surface area (TPSA) is 50.7 Å². The predicted molar refractivity (Wildman–Crippen MR) is 132 cm³/mol. The molecule has 0 saturated heterocycles. The molecule has 0 aliphatic carbocycles. The molecule has 0 amide bonds. The Labute approximate surface area is 191 Å². The smallest absolute Gasteiger partial charge is 0.273 e. The average Bonchev–Trinajstić information content (AvgIpc) is 3.02. The van der Waals surface area contributed by atoms with Crippen molar-refractivity contribution in [3.05, 3.63) is 39.6 Å². The second-order valence-electron chi connectivity index (χ2n) is 8.85. The van der Waals surface area contributed by atoms with Gasteiger partial charge in [0.15, 0.2) is 5.82 Å². The zero-order valence-electron chi connectivity index (χ0n) is 19.3. The standard InChI is InChI=1S/C26H38ClN3O/c1-3-5-7-8-9-10-11-13-17-20(16-12-6-4-2)30-25-24(23(27)26(30)31)28-21-18-14-15-19-22(21)29-25/h14-15,18-20,28H,3-13,16-17H2,1-2H3. The summed E-state index contributed by atoms with van der Waals surface area (Å²) in [6.45, 7) is 4.48. The molecule has 3 rings (SSSR count). The molecule has 1 aromatic carbocycles. The van der Waals surface area contributed by atoms with E-state index in [2.05, 4.69) is 18.8 Å². The first-order valence-electron chi connectivity index (χ1n) is 12.4. The van der Waals surface area contributed by atoms with Crippen molar-refractivity contribution >= 4 is 22.6 Å². The Kier molecular flexibility index (Phi) is 9.45. The minimum absolute atomic E-state index is 0.100. The van der Waals surface area contributed by atoms with Crippen LogP contribution >= 0.6 is 11.6 Å². The molecule has 2 heterocycles. The van der Waals surface area contributed by atoms with Crippen LogP contribution in [0, 0.1) is 0 Å². The second-order valence-corrected chi connectivity index (χ2v) is 9.23. The van der Waals surface area contributed by atoms with Crippen LogP contribution in [0.3, 0.4) is 0 Å². The number of benzene rings is 1. The number of H-pyrrole nitrogens is 1. The average molecular weight is 444 g/mol. The molecule has 0 saturated carbocycles. The van der Waals surface area contributed by atoms with Gasteiger partial charge in [-0.15, -0.1) is 0 Å². The number of unbranched alkanes of at least 4 members (excludes halogenated alkanes) is 9. The maximum absolute atomic E-state index is 13.1. The summed E-state index contributed by atoms with van der Waals surface area (Å²) in [6.07, 6.45) is 15.9. The van der Waals surface area contributed by atoms with Gasteiger partial charge in [0.1, 0.15) is 10.7 Å². The molecule has 0 spiro atoms. The fourth-order valence-electron chi connectivity index (χ4n) is 4.56. The van der Waals surface area contributed by atoms with E-state index < -0.39 is 0 Å². The van der Waals surface area contributed by atoms with Crippen molar-refractivity contribution in [2.75, 3.05) is 0 Å². The summed E-state index contributed by atoms with van der Waals surface area (Å²) in [7, 11) is 0. The van der Waals surface area contributed by atoms with Crippen LogP contribution in [0.4, 0.5) is 0 Å². The Morgan fingerprint density at radius 2 is 1.48 bits per heavy atom. The lowest BCUT2D eigenvalue weighted by Crippen LogP contribution is -2.22. The summed E-state index contributed by atoms with van der Waals surface area (Å²) < 4.78 is 1.89. The van der Waals surface area contributed by atoms with Gasteiger partial charge in [0, 0.05) is 6.04 Å². The third kappa shape index (κ3) is 6.12. The molecule has 5 heteroatoms. The molecule has 2 aliphatic rings. The number of halogens is 1. The molecule has 0 aromatic heterocycles. The van der Waals surface area contributed by atoms with Crippen LogP contribution in [-0.2, 0) is 0 Å². The Morgan fingerprint density at radius 1 is 0.903 bits per heavy atom. The molecule has 0 radical (unpaired) electrons. The summed E-state index contributed by atoms with van der Waals surface area (Å²) in [5.41, 5.74) is 2.34. The molecule has 31 heavy (non-hydrogen) atoms. The fourth-order valence-corrected chi connectivity index (χ4v) is 4.78. The molecule has 1 aromatic rings. The molecule has 4 nitrogen and oxygen atoms in total. The minimum Gasteiger partial charge on any atom is -0.349 e. The number of para-hydroxylation sites is 2. The zero-order chi connectivity index (χ0) is 22.1. The first kappa shape index (κ1) is 23.8. The highest BCUT2D eigenvalue weighted by Crippen LogP contribution is 2.33. The highest BCUT2D eigenvalue weighted by Gasteiger charge is 2.26. The van der Waals surface area contributed by atoms with Gasteiger partial charge in [0.25, 0.3) is 5.56 Å². The summed E-state index contributed by atoms with van der Waals surface area (Å²) in [6, 6.07) is 8.05. The molecule has 2 aliphatic heterocycles. The van der Waals surface area contributed by atoms with Crippen molar-refractivity contribution in [2.24, 2.45) is 0 Å². The third-order valence-electron chi connectivity index (χ3n) is 6.36. The molecule has 1 unspecified atom stereocenters. The van der Waals surface area contributed by atoms with Gasteiger partial charge in [0.2, 0.25) is 0 Å². The Bertz CT molecular complexity index is 961. The Hall–Kier alpha value is -1.81. The van der Waals surface area contributed by atoms with Crippen molar-refractivity contribution < 1.29 is 0 Å². The SMILES string of the molecule is CCCCCCCCCCC(CCCCC)n1c2nc3ccccc3[nH]c-2c(Cl)c1=O. The summed E-state index contributed by atoms with van der Waals surface area (Å²) >= 11 is 6.49. The Morgan fingerprint density at radius 3 is 2.19 bits per heavy atom. The van der Waals surface area contributed by atoms with Crippen molar-refractivity contribution in [1.82, 2.24) is 14.5 Å². The quantitative estimate of drug-likeness (QED) is 0.255. The lowest BCUT2D eigenvalue weighted by molar-refractivity contribution is 0.392. The van der Waals surface area contributed by atoms with E-state index in [-0.39, 0.29) is 16.6 Å². The molecular formula is C26H38ClN3O. The number of rotatable bonds is 14. The van der Waals surface area contributed by atoms with E-state index in [0.717, 1.165) is 36.7 Å². The number of fused-ring (bicyclic) bond motifs is 2. The van der Waals surface area contributed by atoms with Crippen molar-refractivity contribution in [2.45, 2.75) is 103 Å². The second kappa shape index (κ2) is 12.3. The van der Waals surface area contributed by atoms with E-state index in [1.54, 1.807) is 0 Å². The third-order valence-corrected chi connectivity index (χ3v) is 6.72. The number of hydrogen-bond acceptors (Lipinski definition) is 2. The number of aromatic amines is 1. The highest BCUT2D eigenvalue weighted by atomic mass is 35.5. The zero-order valence-corrected chi connectivity index (χ0v) is 20.0. The molecule has 0 fully saturated rings. The number of nitrogens with one attached hydrogen (secondary N) is 1. The van der Waals surface area contributed by atoms with E-state index in [1.807, 2.05) is 28.8 Å². The van der Waals surface area contributed by atoms with Gasteiger partial charge in [0.05, 0.1) is 11.0 Å². The van der Waals surface area contributed by atoms with Gasteiger partial charge in [-0.1, -0.05) is 108 Å². The van der Waals surface area contributed by atoms with Crippen molar-refractivity contribution in [3.8, 4) is 11.5 Å². The maximum Gasteiger partial charge on any atom is 0.273 e. The lowest BCUT2D eigenvalue weighted by Gasteiger charge is -2.20. The van der Waals surface area contributed by atoms with Gasteiger partial charge in [-0.05, 0) is 25.0 Å². The van der Waals surface area contributed by atoms with E-state index in [9.17, 15) is 4.79 Å². The minimum atomic E-state index is -0.100. The van der Waals surface area contributed by atoms with E-state index in [0.29, 0.717) is 11.5 Å². The molecular weight excluding hydrogens is 406 g/mol. The largest absolute Gasteiger partial charge is 0.349 e. The summed E-state index contributed by atoms with van der Waals surface area (Å²) in [4.78, 5) is 21.3. The number of nitrogens with zero attached hydrogens (tertiary/aromatic N) is 2. The van der Waals surface area contributed by atoms with E-state index >= 15 is 0 Å². The first-order valence-corrected chi connectivity index (χ1v) is 12.7. The van der Waals surface area contributed by atoms with Crippen LogP contribution in [-0.4, -0.2) is 14.5 Å². The monoisotopic (exact) mass is 443 g/mol. The lowest BCUT2D eigenvalue weighted by atomic mass is 10.0. The fraction of sp³-hybridized carbons (Fsp3) is 0.615. The van der Waals surface area contributed by atoms with Gasteiger partial charge in [-0.25, -0.2) is 4.98 Å². The van der Waals surface area contributed by atoms with E-state index in [1.165, 1.54) is 57.8 Å². The van der Waals surface area contributed by atoms with E-state index in [4.69, 9.17) is 16.6 Å². The van der Waals surface area contributed by atoms with Gasteiger partial charge < -0.3 is 4.98 Å². The van der Waals surface area contributed by atoms with Gasteiger partial charge >= 0.3 is 0 Å². The maximum atomic E-state index is 13.1. The summed E-state index contributed by atoms with van der Waals surface area (Å²) in [5.74, 6) is 0.703. The Balaban J connectivity index is 1.76. The number of aromatic nitrogens is 3. The molecule has 1 atom stereocenters. The molecule has 0 bridgehead atoms. The van der Waals surface area contributed by atoms with Gasteiger partial charge in [-0.3, -0.25) is 9.36 Å². The van der Waals surface area contributed by atoms with Gasteiger partial charge in [-0.2, -0.15) is 0 Å². The van der Waals surface area contributed by atoms with Crippen molar-refractivity contribution in [1.29, 1.82) is 0 Å². The summed E-state index contributed by atoms with van der Waals surface area (Å²) in [5, 5.41) is 0.268. The van der Waals surface area contributed by atoms with Crippen molar-refractivity contribution in [3.63, 3.8) is 0 Å².